The summed E-state index contributed by atoms with van der Waals surface area (Å²) in [5.41, 5.74) is 0.718. The third kappa shape index (κ3) is 2.66. The lowest BCUT2D eigenvalue weighted by Gasteiger charge is -2.14. The van der Waals surface area contributed by atoms with Crippen molar-refractivity contribution < 1.29 is 19.8 Å². The van der Waals surface area contributed by atoms with E-state index in [4.69, 9.17) is 0 Å². The maximum Gasteiger partial charge on any atom is 0.269 e. The lowest BCUT2D eigenvalue weighted by Crippen LogP contribution is -2.33. The topological polar surface area (TPSA) is 77.8 Å². The molecule has 0 saturated carbocycles. The van der Waals surface area contributed by atoms with Crippen LogP contribution in [0.2, 0.25) is 0 Å². The minimum atomic E-state index is -0.389. The highest BCUT2D eigenvalue weighted by Gasteiger charge is 2.35. The fourth-order valence-electron chi connectivity index (χ4n) is 1.69. The van der Waals surface area contributed by atoms with Crippen molar-refractivity contribution in [3.63, 3.8) is 0 Å². The van der Waals surface area contributed by atoms with Gasteiger partial charge in [-0.1, -0.05) is 6.07 Å². The molecule has 0 unspecified atom stereocenters. The van der Waals surface area contributed by atoms with Gasteiger partial charge in [-0.2, -0.15) is 0 Å². The van der Waals surface area contributed by atoms with Crippen LogP contribution in [-0.4, -0.2) is 33.5 Å². The van der Waals surface area contributed by atoms with Crippen LogP contribution < -0.4 is 0 Å². The molecule has 100 valence electrons. The lowest BCUT2D eigenvalue weighted by atomic mass is 10.1. The van der Waals surface area contributed by atoms with Gasteiger partial charge in [-0.15, -0.1) is 0 Å². The second kappa shape index (κ2) is 5.34. The molecule has 0 fully saturated rings. The van der Waals surface area contributed by atoms with Crippen molar-refractivity contribution in [2.24, 2.45) is 0 Å². The molecule has 2 N–H and O–H groups in total. The summed E-state index contributed by atoms with van der Waals surface area (Å²) < 4.78 is 0.428. The maximum absolute atomic E-state index is 11.7. The van der Waals surface area contributed by atoms with E-state index in [0.29, 0.717) is 6.42 Å². The average Bonchev–Trinajstić information content (AvgIpc) is 2.56. The number of imide groups is 1. The fourth-order valence-corrected chi connectivity index (χ4v) is 2.45. The first kappa shape index (κ1) is 14.1. The first-order valence-electron chi connectivity index (χ1n) is 5.34. The van der Waals surface area contributed by atoms with Crippen LogP contribution >= 0.6 is 31.9 Å². The minimum Gasteiger partial charge on any atom is -0.504 e. The van der Waals surface area contributed by atoms with E-state index in [1.807, 2.05) is 0 Å². The van der Waals surface area contributed by atoms with Crippen LogP contribution in [0.5, 0.6) is 11.5 Å². The Labute approximate surface area is 125 Å². The van der Waals surface area contributed by atoms with E-state index >= 15 is 0 Å². The number of amides is 2. The normalized spacial score (nSPS) is 15.6. The molecular formula is C12H9Br2NO4. The molecule has 0 atom stereocenters. The van der Waals surface area contributed by atoms with Crippen LogP contribution in [0, 0.1) is 0 Å². The second-order valence-electron chi connectivity index (χ2n) is 3.96. The van der Waals surface area contributed by atoms with Gasteiger partial charge >= 0.3 is 0 Å². The van der Waals surface area contributed by atoms with E-state index in [2.05, 4.69) is 31.9 Å². The summed E-state index contributed by atoms with van der Waals surface area (Å²) in [4.78, 5) is 24.6. The number of hydrogen-bond donors (Lipinski definition) is 2. The molecule has 1 heterocycles. The highest BCUT2D eigenvalue weighted by molar-refractivity contribution is 9.14. The van der Waals surface area contributed by atoms with Gasteiger partial charge in [0.1, 0.15) is 8.96 Å². The monoisotopic (exact) mass is 389 g/mol. The van der Waals surface area contributed by atoms with Crippen LogP contribution in [-0.2, 0) is 16.0 Å². The molecule has 1 aromatic carbocycles. The Morgan fingerprint density at radius 3 is 2.11 bits per heavy atom. The van der Waals surface area contributed by atoms with Crippen molar-refractivity contribution in [1.82, 2.24) is 4.90 Å². The Hall–Kier alpha value is -1.34. The summed E-state index contributed by atoms with van der Waals surface area (Å²) >= 11 is 6.09. The summed E-state index contributed by atoms with van der Waals surface area (Å²) in [6.07, 6.45) is 0.395. The van der Waals surface area contributed by atoms with E-state index in [9.17, 15) is 19.8 Å². The molecule has 0 bridgehead atoms. The summed E-state index contributed by atoms with van der Waals surface area (Å²) in [5, 5.41) is 18.5. The third-order valence-electron chi connectivity index (χ3n) is 2.72. The van der Waals surface area contributed by atoms with Crippen LogP contribution in [0.3, 0.4) is 0 Å². The van der Waals surface area contributed by atoms with Gasteiger partial charge in [-0.05, 0) is 56.0 Å². The molecule has 1 aliphatic rings. The molecule has 0 aliphatic carbocycles. The van der Waals surface area contributed by atoms with E-state index < -0.39 is 0 Å². The quantitative estimate of drug-likeness (QED) is 0.611. The first-order chi connectivity index (χ1) is 8.91. The van der Waals surface area contributed by atoms with Crippen molar-refractivity contribution in [1.29, 1.82) is 0 Å². The predicted octanol–water partition coefficient (Wildman–Crippen LogP) is 2.01. The highest BCUT2D eigenvalue weighted by Crippen LogP contribution is 2.30. The van der Waals surface area contributed by atoms with Crippen molar-refractivity contribution in [3.8, 4) is 11.5 Å². The Bertz CT molecular complexity index is 573. The number of hydrogen-bond acceptors (Lipinski definition) is 4. The van der Waals surface area contributed by atoms with E-state index in [0.717, 1.165) is 10.5 Å². The summed E-state index contributed by atoms with van der Waals surface area (Å²) in [6.45, 7) is 0.200. The zero-order valence-electron chi connectivity index (χ0n) is 9.56. The zero-order valence-corrected chi connectivity index (χ0v) is 12.7. The molecule has 1 aliphatic heterocycles. The van der Waals surface area contributed by atoms with Gasteiger partial charge in [0.25, 0.3) is 11.8 Å². The average molecular weight is 391 g/mol. The number of carbonyl (C=O) groups is 2. The van der Waals surface area contributed by atoms with E-state index in [-0.39, 0.29) is 38.8 Å². The van der Waals surface area contributed by atoms with Crippen LogP contribution in [0.15, 0.2) is 27.2 Å². The molecular weight excluding hydrogens is 382 g/mol. The van der Waals surface area contributed by atoms with Gasteiger partial charge in [-0.25, -0.2) is 0 Å². The second-order valence-corrected chi connectivity index (χ2v) is 5.55. The largest absolute Gasteiger partial charge is 0.504 e. The van der Waals surface area contributed by atoms with Crippen molar-refractivity contribution in [2.45, 2.75) is 6.42 Å². The Morgan fingerprint density at radius 1 is 1.00 bits per heavy atom. The number of phenolic OH excluding ortho intramolecular Hbond substituents is 2. The highest BCUT2D eigenvalue weighted by atomic mass is 79.9. The molecule has 0 radical (unpaired) electrons. The number of benzene rings is 1. The maximum atomic E-state index is 11.7. The summed E-state index contributed by atoms with van der Waals surface area (Å²) in [6, 6.07) is 4.39. The van der Waals surface area contributed by atoms with Crippen molar-refractivity contribution in [2.75, 3.05) is 6.54 Å². The Balaban J connectivity index is 2.06. The molecule has 2 rings (SSSR count). The van der Waals surface area contributed by atoms with Gasteiger partial charge < -0.3 is 10.2 Å². The van der Waals surface area contributed by atoms with Gasteiger partial charge in [0.15, 0.2) is 11.5 Å². The van der Waals surface area contributed by atoms with Crippen LogP contribution in [0.1, 0.15) is 5.56 Å². The molecule has 0 saturated heterocycles. The number of aromatic hydroxyl groups is 2. The molecule has 7 heteroatoms. The molecule has 1 aromatic rings. The molecule has 0 spiro atoms. The molecule has 19 heavy (non-hydrogen) atoms. The van der Waals surface area contributed by atoms with Crippen molar-refractivity contribution in [3.05, 3.63) is 32.7 Å². The number of nitrogens with zero attached hydrogens (tertiary/aromatic N) is 1. The van der Waals surface area contributed by atoms with Crippen LogP contribution in [0.25, 0.3) is 0 Å². The standard InChI is InChI=1S/C12H9Br2NO4/c13-9-10(14)12(19)15(11(9)18)4-3-6-1-2-7(16)8(17)5-6/h1-2,5,16-17H,3-4H2. The van der Waals surface area contributed by atoms with E-state index in [1.54, 1.807) is 6.07 Å². The third-order valence-corrected chi connectivity index (χ3v) is 4.73. The van der Waals surface area contributed by atoms with Gasteiger partial charge in [0, 0.05) is 6.54 Å². The SMILES string of the molecule is O=C1C(Br)=C(Br)C(=O)N1CCc1ccc(O)c(O)c1. The number of carbonyl (C=O) groups excluding carboxylic acids is 2. The Morgan fingerprint density at radius 2 is 1.58 bits per heavy atom. The number of phenols is 2. The summed E-state index contributed by atoms with van der Waals surface area (Å²) in [7, 11) is 0. The van der Waals surface area contributed by atoms with Crippen LogP contribution in [0.4, 0.5) is 0 Å². The molecule has 0 aromatic heterocycles. The van der Waals surface area contributed by atoms with Gasteiger partial charge in [0.2, 0.25) is 0 Å². The smallest absolute Gasteiger partial charge is 0.269 e. The van der Waals surface area contributed by atoms with Crippen molar-refractivity contribution >= 4 is 43.7 Å². The van der Waals surface area contributed by atoms with Gasteiger partial charge in [-0.3, -0.25) is 14.5 Å². The lowest BCUT2D eigenvalue weighted by molar-refractivity contribution is -0.136. The molecule has 5 nitrogen and oxygen atoms in total. The number of halogens is 2. The number of rotatable bonds is 3. The first-order valence-corrected chi connectivity index (χ1v) is 6.92. The van der Waals surface area contributed by atoms with E-state index in [1.165, 1.54) is 12.1 Å². The van der Waals surface area contributed by atoms with Gasteiger partial charge in [0.05, 0.1) is 0 Å². The molecule has 2 amide bonds. The predicted molar refractivity (Wildman–Crippen MR) is 75.1 cm³/mol. The summed E-state index contributed by atoms with van der Waals surface area (Å²) in [5.74, 6) is -1.21. The Kier molecular flexibility index (Phi) is 3.96. The zero-order chi connectivity index (χ0) is 14.2. The minimum absolute atomic E-state index is 0.200. The fraction of sp³-hybridized carbons (Fsp3) is 0.167.